The molecule has 0 fully saturated rings. The lowest BCUT2D eigenvalue weighted by molar-refractivity contribution is 0.475. The maximum absolute atomic E-state index is 9.48. The first-order valence-electron chi connectivity index (χ1n) is 5.33. The summed E-state index contributed by atoms with van der Waals surface area (Å²) in [5, 5.41) is 18.4. The zero-order valence-electron chi connectivity index (χ0n) is 9.76. The molecule has 0 saturated heterocycles. The molecule has 0 amide bonds. The number of phenols is 1. The summed E-state index contributed by atoms with van der Waals surface area (Å²) in [4.78, 5) is 1.91. The summed E-state index contributed by atoms with van der Waals surface area (Å²) in [6, 6.07) is 14.6. The van der Waals surface area contributed by atoms with Crippen molar-refractivity contribution in [2.75, 3.05) is 11.9 Å². The molecule has 0 aromatic heterocycles. The molecule has 18 heavy (non-hydrogen) atoms. The van der Waals surface area contributed by atoms with E-state index in [0.717, 1.165) is 15.8 Å². The van der Waals surface area contributed by atoms with Crippen molar-refractivity contribution in [3.05, 3.63) is 52.5 Å². The van der Waals surface area contributed by atoms with E-state index in [-0.39, 0.29) is 5.75 Å². The molecule has 2 aromatic carbocycles. The summed E-state index contributed by atoms with van der Waals surface area (Å²) in [5.74, 6) is 0.217. The second-order valence-corrected chi connectivity index (χ2v) is 4.80. The Morgan fingerprint density at radius 3 is 2.61 bits per heavy atom. The van der Waals surface area contributed by atoms with Crippen LogP contribution < -0.4 is 4.90 Å². The lowest BCUT2D eigenvalue weighted by atomic mass is 10.2. The summed E-state index contributed by atoms with van der Waals surface area (Å²) in [7, 11) is 1.89. The smallest absolute Gasteiger partial charge is 0.117 e. The van der Waals surface area contributed by atoms with Crippen molar-refractivity contribution in [3.8, 4) is 11.8 Å². The highest BCUT2D eigenvalue weighted by Gasteiger charge is 2.07. The van der Waals surface area contributed by atoms with Crippen molar-refractivity contribution in [2.24, 2.45) is 0 Å². The van der Waals surface area contributed by atoms with Gasteiger partial charge in [0, 0.05) is 29.0 Å². The summed E-state index contributed by atoms with van der Waals surface area (Å²) < 4.78 is 0.851. The normalized spacial score (nSPS) is 9.83. The molecule has 0 heterocycles. The van der Waals surface area contributed by atoms with Crippen LogP contribution in [0.2, 0.25) is 0 Å². The maximum atomic E-state index is 9.48. The molecule has 0 aliphatic rings. The molecule has 0 radical (unpaired) electrons. The predicted molar refractivity (Wildman–Crippen MR) is 75.0 cm³/mol. The minimum absolute atomic E-state index is 0.217. The SMILES string of the molecule is CN(c1cccc(O)c1)c1cc(Br)cc(C#N)c1. The van der Waals surface area contributed by atoms with E-state index >= 15 is 0 Å². The zero-order chi connectivity index (χ0) is 13.1. The third-order valence-corrected chi connectivity index (χ3v) is 3.07. The van der Waals surface area contributed by atoms with E-state index in [4.69, 9.17) is 5.26 Å². The fourth-order valence-electron chi connectivity index (χ4n) is 1.68. The quantitative estimate of drug-likeness (QED) is 0.918. The van der Waals surface area contributed by atoms with Crippen LogP contribution in [0, 0.1) is 11.3 Å². The zero-order valence-corrected chi connectivity index (χ0v) is 11.3. The summed E-state index contributed by atoms with van der Waals surface area (Å²) in [6.07, 6.45) is 0. The number of aromatic hydroxyl groups is 1. The Morgan fingerprint density at radius 2 is 1.94 bits per heavy atom. The van der Waals surface area contributed by atoms with E-state index in [1.54, 1.807) is 30.3 Å². The predicted octanol–water partition coefficient (Wildman–Crippen LogP) is 3.79. The van der Waals surface area contributed by atoms with Crippen molar-refractivity contribution in [1.82, 2.24) is 0 Å². The molecule has 2 aromatic rings. The van der Waals surface area contributed by atoms with Crippen molar-refractivity contribution in [1.29, 1.82) is 5.26 Å². The topological polar surface area (TPSA) is 47.3 Å². The van der Waals surface area contributed by atoms with Crippen molar-refractivity contribution >= 4 is 27.3 Å². The van der Waals surface area contributed by atoms with Crippen molar-refractivity contribution in [3.63, 3.8) is 0 Å². The van der Waals surface area contributed by atoms with Gasteiger partial charge in [-0.3, -0.25) is 0 Å². The molecule has 0 unspecified atom stereocenters. The van der Waals surface area contributed by atoms with Gasteiger partial charge >= 0.3 is 0 Å². The summed E-state index contributed by atoms with van der Waals surface area (Å²) in [5.41, 5.74) is 2.33. The van der Waals surface area contributed by atoms with Crippen LogP contribution >= 0.6 is 15.9 Å². The molecule has 90 valence electrons. The Kier molecular flexibility index (Phi) is 3.54. The summed E-state index contributed by atoms with van der Waals surface area (Å²) >= 11 is 3.38. The highest BCUT2D eigenvalue weighted by molar-refractivity contribution is 9.10. The van der Waals surface area contributed by atoms with E-state index < -0.39 is 0 Å². The number of nitrogens with zero attached hydrogens (tertiary/aromatic N) is 2. The fourth-order valence-corrected chi connectivity index (χ4v) is 2.16. The number of hydrogen-bond acceptors (Lipinski definition) is 3. The van der Waals surface area contributed by atoms with Gasteiger partial charge in [-0.15, -0.1) is 0 Å². The Bertz CT molecular complexity index is 619. The molecule has 0 atom stereocenters. The van der Waals surface area contributed by atoms with Gasteiger partial charge in [-0.25, -0.2) is 0 Å². The lowest BCUT2D eigenvalue weighted by Crippen LogP contribution is -2.09. The van der Waals surface area contributed by atoms with Crippen LogP contribution in [0.3, 0.4) is 0 Å². The number of hydrogen-bond donors (Lipinski definition) is 1. The first-order valence-corrected chi connectivity index (χ1v) is 6.13. The van der Waals surface area contributed by atoms with Crippen molar-refractivity contribution in [2.45, 2.75) is 0 Å². The molecule has 0 saturated carbocycles. The first-order chi connectivity index (χ1) is 8.60. The second-order valence-electron chi connectivity index (χ2n) is 3.89. The maximum Gasteiger partial charge on any atom is 0.117 e. The average Bonchev–Trinajstić information content (AvgIpc) is 2.37. The van der Waals surface area contributed by atoms with E-state index in [2.05, 4.69) is 22.0 Å². The Morgan fingerprint density at radius 1 is 1.17 bits per heavy atom. The Hall–Kier alpha value is -1.99. The van der Waals surface area contributed by atoms with Gasteiger partial charge in [0.1, 0.15) is 5.75 Å². The fraction of sp³-hybridized carbons (Fsp3) is 0.0714. The van der Waals surface area contributed by atoms with Gasteiger partial charge in [0.15, 0.2) is 0 Å². The second kappa shape index (κ2) is 5.11. The molecular weight excluding hydrogens is 292 g/mol. The number of halogens is 1. The minimum Gasteiger partial charge on any atom is -0.508 e. The highest BCUT2D eigenvalue weighted by Crippen LogP contribution is 2.29. The van der Waals surface area contributed by atoms with Gasteiger partial charge in [-0.05, 0) is 30.3 Å². The largest absolute Gasteiger partial charge is 0.508 e. The molecule has 2 rings (SSSR count). The van der Waals surface area contributed by atoms with E-state index in [1.165, 1.54) is 0 Å². The standard InChI is InChI=1S/C14H11BrN2O/c1-17(12-3-2-4-14(18)8-12)13-6-10(9-16)5-11(15)7-13/h2-8,18H,1H3. The van der Waals surface area contributed by atoms with Gasteiger partial charge in [-0.2, -0.15) is 5.26 Å². The van der Waals surface area contributed by atoms with E-state index in [0.29, 0.717) is 5.56 Å². The van der Waals surface area contributed by atoms with Gasteiger partial charge < -0.3 is 10.0 Å². The third kappa shape index (κ3) is 2.63. The van der Waals surface area contributed by atoms with Gasteiger partial charge in [0.05, 0.1) is 11.6 Å². The number of nitriles is 1. The van der Waals surface area contributed by atoms with Crippen LogP contribution in [-0.2, 0) is 0 Å². The number of rotatable bonds is 2. The van der Waals surface area contributed by atoms with Crippen LogP contribution in [-0.4, -0.2) is 12.2 Å². The van der Waals surface area contributed by atoms with E-state index in [9.17, 15) is 5.11 Å². The molecule has 0 bridgehead atoms. The van der Waals surface area contributed by atoms with Gasteiger partial charge in [0.2, 0.25) is 0 Å². The van der Waals surface area contributed by atoms with Gasteiger partial charge in [0.25, 0.3) is 0 Å². The van der Waals surface area contributed by atoms with Crippen LogP contribution in [0.4, 0.5) is 11.4 Å². The lowest BCUT2D eigenvalue weighted by Gasteiger charge is -2.20. The molecule has 4 heteroatoms. The molecule has 0 aliphatic heterocycles. The molecular formula is C14H11BrN2O. The van der Waals surface area contributed by atoms with Crippen LogP contribution in [0.1, 0.15) is 5.56 Å². The average molecular weight is 303 g/mol. The number of benzene rings is 2. The Labute approximate surface area is 114 Å². The number of phenolic OH excluding ortho intramolecular Hbond substituents is 1. The number of anilines is 2. The van der Waals surface area contributed by atoms with Crippen LogP contribution in [0.25, 0.3) is 0 Å². The van der Waals surface area contributed by atoms with E-state index in [1.807, 2.05) is 24.1 Å². The van der Waals surface area contributed by atoms with Crippen LogP contribution in [0.5, 0.6) is 5.75 Å². The molecule has 1 N–H and O–H groups in total. The minimum atomic E-state index is 0.217. The molecule has 3 nitrogen and oxygen atoms in total. The van der Waals surface area contributed by atoms with Crippen LogP contribution in [0.15, 0.2) is 46.9 Å². The van der Waals surface area contributed by atoms with Crippen molar-refractivity contribution < 1.29 is 5.11 Å². The van der Waals surface area contributed by atoms with Gasteiger partial charge in [-0.1, -0.05) is 22.0 Å². The highest BCUT2D eigenvalue weighted by atomic mass is 79.9. The summed E-state index contributed by atoms with van der Waals surface area (Å²) in [6.45, 7) is 0. The molecule has 0 aliphatic carbocycles. The first kappa shape index (κ1) is 12.5. The molecule has 0 spiro atoms. The Balaban J connectivity index is 2.43. The third-order valence-electron chi connectivity index (χ3n) is 2.62. The monoisotopic (exact) mass is 302 g/mol.